The van der Waals surface area contributed by atoms with Crippen LogP contribution in [0.2, 0.25) is 0 Å². The fourth-order valence-corrected chi connectivity index (χ4v) is 2.64. The molecule has 1 atom stereocenters. The third-order valence-corrected chi connectivity index (χ3v) is 4.09. The van der Waals surface area contributed by atoms with Gasteiger partial charge in [-0.15, -0.1) is 11.3 Å². The lowest BCUT2D eigenvalue weighted by molar-refractivity contribution is 0.254. The van der Waals surface area contributed by atoms with E-state index in [1.165, 1.54) is 44.5 Å². The summed E-state index contributed by atoms with van der Waals surface area (Å²) in [5.74, 6) is 0. The molecule has 1 aromatic rings. The minimum absolute atomic E-state index is 0.0588. The zero-order chi connectivity index (χ0) is 13.4. The van der Waals surface area contributed by atoms with Crippen LogP contribution in [-0.4, -0.2) is 23.0 Å². The molecule has 104 valence electrons. The second-order valence-corrected chi connectivity index (χ2v) is 5.84. The van der Waals surface area contributed by atoms with Crippen LogP contribution < -0.4 is 5.73 Å². The first-order valence-electron chi connectivity index (χ1n) is 7.09. The summed E-state index contributed by atoms with van der Waals surface area (Å²) in [5.41, 5.74) is 7.03. The number of hydrogen-bond acceptors (Lipinski definition) is 4. The number of aromatic nitrogens is 1. The number of hydrogen-bond donors (Lipinski definition) is 1. The number of nitrogens with zero attached hydrogens (tertiary/aromatic N) is 2. The Morgan fingerprint density at radius 1 is 1.28 bits per heavy atom. The van der Waals surface area contributed by atoms with Gasteiger partial charge in [-0.3, -0.25) is 4.90 Å². The Morgan fingerprint density at radius 2 is 1.89 bits per heavy atom. The quantitative estimate of drug-likeness (QED) is 0.745. The van der Waals surface area contributed by atoms with E-state index in [9.17, 15) is 0 Å². The van der Waals surface area contributed by atoms with Crippen LogP contribution in [0.15, 0.2) is 5.38 Å². The van der Waals surface area contributed by atoms with Gasteiger partial charge in [0.1, 0.15) is 5.01 Å². The maximum atomic E-state index is 5.85. The Balaban J connectivity index is 2.51. The lowest BCUT2D eigenvalue weighted by Gasteiger charge is -2.20. The van der Waals surface area contributed by atoms with Crippen molar-refractivity contribution in [3.63, 3.8) is 0 Å². The summed E-state index contributed by atoms with van der Waals surface area (Å²) >= 11 is 1.68. The van der Waals surface area contributed by atoms with Gasteiger partial charge in [0.2, 0.25) is 0 Å². The average molecular weight is 269 g/mol. The molecule has 1 aromatic heterocycles. The molecule has 18 heavy (non-hydrogen) atoms. The summed E-state index contributed by atoms with van der Waals surface area (Å²) in [6.45, 7) is 9.82. The van der Waals surface area contributed by atoms with Crippen molar-refractivity contribution in [3.05, 3.63) is 16.1 Å². The van der Waals surface area contributed by atoms with Gasteiger partial charge < -0.3 is 5.73 Å². The Bertz CT molecular complexity index is 315. The zero-order valence-electron chi connectivity index (χ0n) is 12.0. The van der Waals surface area contributed by atoms with Crippen LogP contribution in [0.3, 0.4) is 0 Å². The first kappa shape index (κ1) is 15.6. The third kappa shape index (κ3) is 5.46. The maximum absolute atomic E-state index is 5.85. The summed E-state index contributed by atoms with van der Waals surface area (Å²) in [4.78, 5) is 7.14. The smallest absolute Gasteiger partial charge is 0.109 e. The van der Waals surface area contributed by atoms with Gasteiger partial charge in [0, 0.05) is 11.9 Å². The van der Waals surface area contributed by atoms with Crippen molar-refractivity contribution in [3.8, 4) is 0 Å². The van der Waals surface area contributed by atoms with E-state index >= 15 is 0 Å². The van der Waals surface area contributed by atoms with Crippen molar-refractivity contribution in [1.29, 1.82) is 0 Å². The normalized spacial score (nSPS) is 13.2. The third-order valence-electron chi connectivity index (χ3n) is 3.00. The van der Waals surface area contributed by atoms with Crippen molar-refractivity contribution >= 4 is 11.3 Å². The highest BCUT2D eigenvalue weighted by Crippen LogP contribution is 2.17. The molecule has 0 aliphatic carbocycles. The average Bonchev–Trinajstić information content (AvgIpc) is 2.81. The molecule has 1 rings (SSSR count). The van der Waals surface area contributed by atoms with Crippen molar-refractivity contribution in [1.82, 2.24) is 9.88 Å². The number of unbranched alkanes of at least 4 members (excludes halogenated alkanes) is 2. The van der Waals surface area contributed by atoms with E-state index in [1.54, 1.807) is 11.3 Å². The van der Waals surface area contributed by atoms with Crippen LogP contribution in [0.5, 0.6) is 0 Å². The number of thiazole rings is 1. The Kier molecular flexibility index (Phi) is 7.47. The van der Waals surface area contributed by atoms with Gasteiger partial charge in [-0.25, -0.2) is 4.98 Å². The Labute approximate surface area is 115 Å². The van der Waals surface area contributed by atoms with Gasteiger partial charge in [0.25, 0.3) is 0 Å². The van der Waals surface area contributed by atoms with Crippen LogP contribution >= 0.6 is 11.3 Å². The summed E-state index contributed by atoms with van der Waals surface area (Å²) in [7, 11) is 0. The molecule has 1 unspecified atom stereocenters. The Morgan fingerprint density at radius 3 is 2.33 bits per heavy atom. The second kappa shape index (κ2) is 8.62. The monoisotopic (exact) mass is 269 g/mol. The van der Waals surface area contributed by atoms with Crippen molar-refractivity contribution in [2.45, 2.75) is 59.0 Å². The molecule has 2 N–H and O–H groups in total. The highest BCUT2D eigenvalue weighted by molar-refractivity contribution is 7.09. The van der Waals surface area contributed by atoms with Crippen LogP contribution in [0.4, 0.5) is 0 Å². The topological polar surface area (TPSA) is 42.1 Å². The number of nitrogens with two attached hydrogens (primary N) is 1. The predicted octanol–water partition coefficient (Wildman–Crippen LogP) is 3.57. The lowest BCUT2D eigenvalue weighted by atomic mass is 10.2. The molecule has 4 heteroatoms. The van der Waals surface area contributed by atoms with Crippen LogP contribution in [-0.2, 0) is 6.54 Å². The minimum Gasteiger partial charge on any atom is -0.322 e. The first-order valence-corrected chi connectivity index (χ1v) is 7.97. The minimum atomic E-state index is 0.0588. The van der Waals surface area contributed by atoms with E-state index in [1.807, 2.05) is 6.92 Å². The molecular formula is C14H27N3S. The molecule has 1 heterocycles. The molecule has 3 nitrogen and oxygen atoms in total. The molecule has 0 bridgehead atoms. The van der Waals surface area contributed by atoms with Crippen LogP contribution in [0.25, 0.3) is 0 Å². The molecule has 0 amide bonds. The lowest BCUT2D eigenvalue weighted by Crippen LogP contribution is -2.25. The van der Waals surface area contributed by atoms with E-state index < -0.39 is 0 Å². The van der Waals surface area contributed by atoms with Crippen LogP contribution in [0, 0.1) is 0 Å². The van der Waals surface area contributed by atoms with Crippen molar-refractivity contribution < 1.29 is 0 Å². The van der Waals surface area contributed by atoms with Crippen molar-refractivity contribution in [2.24, 2.45) is 5.73 Å². The SMILES string of the molecule is CCCCN(CCCC)Cc1csc(C(C)N)n1. The highest BCUT2D eigenvalue weighted by atomic mass is 32.1. The van der Waals surface area contributed by atoms with Crippen LogP contribution in [0.1, 0.15) is 63.2 Å². The first-order chi connectivity index (χ1) is 8.67. The zero-order valence-corrected chi connectivity index (χ0v) is 12.8. The summed E-state index contributed by atoms with van der Waals surface area (Å²) in [6, 6.07) is 0.0588. The predicted molar refractivity (Wildman–Crippen MR) is 79.8 cm³/mol. The van der Waals surface area contributed by atoms with E-state index in [2.05, 4.69) is 29.1 Å². The van der Waals surface area contributed by atoms with Gasteiger partial charge in [0.15, 0.2) is 0 Å². The molecule has 0 aliphatic rings. The molecule has 0 saturated heterocycles. The summed E-state index contributed by atoms with van der Waals surface area (Å²) in [6.07, 6.45) is 5.05. The number of rotatable bonds is 9. The van der Waals surface area contributed by atoms with Gasteiger partial charge >= 0.3 is 0 Å². The molecule has 0 spiro atoms. The summed E-state index contributed by atoms with van der Waals surface area (Å²) < 4.78 is 0. The van der Waals surface area contributed by atoms with E-state index in [0.717, 1.165) is 11.6 Å². The van der Waals surface area contributed by atoms with Gasteiger partial charge in [-0.2, -0.15) is 0 Å². The molecule has 0 saturated carbocycles. The molecular weight excluding hydrogens is 242 g/mol. The maximum Gasteiger partial charge on any atom is 0.109 e. The van der Waals surface area contributed by atoms with Gasteiger partial charge in [-0.1, -0.05) is 26.7 Å². The largest absolute Gasteiger partial charge is 0.322 e. The highest BCUT2D eigenvalue weighted by Gasteiger charge is 2.10. The fourth-order valence-electron chi connectivity index (χ4n) is 1.87. The van der Waals surface area contributed by atoms with E-state index in [4.69, 9.17) is 5.73 Å². The standard InChI is InChI=1S/C14H27N3S/c1-4-6-8-17(9-7-5-2)10-13-11-18-14(16-13)12(3)15/h11-12H,4-10,15H2,1-3H3. The van der Waals surface area contributed by atoms with Crippen molar-refractivity contribution in [2.75, 3.05) is 13.1 Å². The fraction of sp³-hybridized carbons (Fsp3) is 0.786. The molecule has 0 aromatic carbocycles. The van der Waals surface area contributed by atoms with Gasteiger partial charge in [-0.05, 0) is 32.9 Å². The molecule has 0 radical (unpaired) electrons. The summed E-state index contributed by atoms with van der Waals surface area (Å²) in [5, 5.41) is 3.21. The molecule has 0 fully saturated rings. The molecule has 0 aliphatic heterocycles. The van der Waals surface area contributed by atoms with Gasteiger partial charge in [0.05, 0.1) is 11.7 Å². The second-order valence-electron chi connectivity index (χ2n) is 4.95. The van der Waals surface area contributed by atoms with E-state index in [-0.39, 0.29) is 6.04 Å². The Hall–Kier alpha value is -0.450. The van der Waals surface area contributed by atoms with E-state index in [0.29, 0.717) is 0 Å².